The van der Waals surface area contributed by atoms with Crippen LogP contribution in [0.2, 0.25) is 0 Å². The van der Waals surface area contributed by atoms with Crippen molar-refractivity contribution in [3.8, 4) is 0 Å². The van der Waals surface area contributed by atoms with Gasteiger partial charge < -0.3 is 5.32 Å². The third-order valence-electron chi connectivity index (χ3n) is 2.74. The molecule has 92 valence electrons. The maximum absolute atomic E-state index is 3.51. The van der Waals surface area contributed by atoms with Gasteiger partial charge in [-0.3, -0.25) is 4.90 Å². The number of thiophene rings is 1. The standard InChI is InChI=1S/C13H24N2S/c1-11(12-7-6-10-16-12)15(5)9-8-14-13(2,3)4/h6-7,10-11,14H,8-9H2,1-5H3. The first-order valence-corrected chi connectivity index (χ1v) is 6.77. The Hall–Kier alpha value is -0.380. The Balaban J connectivity index is 2.33. The summed E-state index contributed by atoms with van der Waals surface area (Å²) in [6, 6.07) is 4.85. The van der Waals surface area contributed by atoms with Gasteiger partial charge in [-0.1, -0.05) is 6.07 Å². The van der Waals surface area contributed by atoms with Crippen molar-refractivity contribution in [2.24, 2.45) is 0 Å². The minimum Gasteiger partial charge on any atom is -0.311 e. The van der Waals surface area contributed by atoms with Crippen LogP contribution in [0.25, 0.3) is 0 Å². The fourth-order valence-electron chi connectivity index (χ4n) is 1.55. The van der Waals surface area contributed by atoms with E-state index in [0.717, 1.165) is 13.1 Å². The number of nitrogens with one attached hydrogen (secondary N) is 1. The molecule has 2 nitrogen and oxygen atoms in total. The molecule has 1 aromatic rings. The molecule has 1 unspecified atom stereocenters. The molecule has 1 N–H and O–H groups in total. The summed E-state index contributed by atoms with van der Waals surface area (Å²) in [5, 5.41) is 5.66. The van der Waals surface area contributed by atoms with Crippen molar-refractivity contribution in [2.45, 2.75) is 39.3 Å². The predicted molar refractivity (Wildman–Crippen MR) is 73.1 cm³/mol. The Morgan fingerprint density at radius 2 is 2.12 bits per heavy atom. The molecule has 0 radical (unpaired) electrons. The van der Waals surface area contributed by atoms with Crippen LogP contribution >= 0.6 is 11.3 Å². The zero-order valence-electron chi connectivity index (χ0n) is 11.1. The van der Waals surface area contributed by atoms with Gasteiger partial charge >= 0.3 is 0 Å². The quantitative estimate of drug-likeness (QED) is 0.850. The van der Waals surface area contributed by atoms with Gasteiger partial charge in [-0.05, 0) is 46.2 Å². The minimum absolute atomic E-state index is 0.215. The number of likely N-dealkylation sites (N-methyl/N-ethyl adjacent to an activating group) is 1. The van der Waals surface area contributed by atoms with Crippen molar-refractivity contribution in [3.05, 3.63) is 22.4 Å². The van der Waals surface area contributed by atoms with Crippen LogP contribution in [-0.4, -0.2) is 30.6 Å². The van der Waals surface area contributed by atoms with Crippen LogP contribution in [0.3, 0.4) is 0 Å². The van der Waals surface area contributed by atoms with Gasteiger partial charge in [0.25, 0.3) is 0 Å². The van der Waals surface area contributed by atoms with E-state index in [1.54, 1.807) is 0 Å². The Morgan fingerprint density at radius 3 is 2.62 bits per heavy atom. The molecule has 16 heavy (non-hydrogen) atoms. The lowest BCUT2D eigenvalue weighted by Crippen LogP contribution is -2.40. The second-order valence-electron chi connectivity index (χ2n) is 5.35. The zero-order valence-corrected chi connectivity index (χ0v) is 11.9. The highest BCUT2D eigenvalue weighted by molar-refractivity contribution is 7.10. The first-order valence-electron chi connectivity index (χ1n) is 5.89. The van der Waals surface area contributed by atoms with Crippen LogP contribution < -0.4 is 5.32 Å². The van der Waals surface area contributed by atoms with E-state index in [1.165, 1.54) is 4.88 Å². The third kappa shape index (κ3) is 4.64. The lowest BCUT2D eigenvalue weighted by atomic mass is 10.1. The summed E-state index contributed by atoms with van der Waals surface area (Å²) >= 11 is 1.84. The summed E-state index contributed by atoms with van der Waals surface area (Å²) in [4.78, 5) is 3.84. The summed E-state index contributed by atoms with van der Waals surface area (Å²) < 4.78 is 0. The molecule has 0 aliphatic heterocycles. The summed E-state index contributed by atoms with van der Waals surface area (Å²) in [5.74, 6) is 0. The van der Waals surface area contributed by atoms with Crippen LogP contribution in [-0.2, 0) is 0 Å². The van der Waals surface area contributed by atoms with Crippen LogP contribution in [0.4, 0.5) is 0 Å². The third-order valence-corrected chi connectivity index (χ3v) is 3.78. The van der Waals surface area contributed by atoms with E-state index in [0.29, 0.717) is 6.04 Å². The van der Waals surface area contributed by atoms with Gasteiger partial charge in [0.2, 0.25) is 0 Å². The summed E-state index contributed by atoms with van der Waals surface area (Å²) in [5.41, 5.74) is 0.215. The van der Waals surface area contributed by atoms with E-state index in [9.17, 15) is 0 Å². The number of rotatable bonds is 5. The van der Waals surface area contributed by atoms with E-state index in [2.05, 4.69) is 62.5 Å². The Bertz CT molecular complexity index is 287. The maximum Gasteiger partial charge on any atom is 0.0410 e. The molecule has 0 bridgehead atoms. The van der Waals surface area contributed by atoms with Crippen LogP contribution in [0.1, 0.15) is 38.6 Å². The van der Waals surface area contributed by atoms with Crippen LogP contribution in [0.5, 0.6) is 0 Å². The SMILES string of the molecule is CC(c1cccs1)N(C)CCNC(C)(C)C. The van der Waals surface area contributed by atoms with E-state index >= 15 is 0 Å². The van der Waals surface area contributed by atoms with Crippen molar-refractivity contribution >= 4 is 11.3 Å². The first kappa shape index (κ1) is 13.7. The van der Waals surface area contributed by atoms with Gasteiger partial charge in [-0.15, -0.1) is 11.3 Å². The van der Waals surface area contributed by atoms with Crippen molar-refractivity contribution in [1.29, 1.82) is 0 Å². The monoisotopic (exact) mass is 240 g/mol. The lowest BCUT2D eigenvalue weighted by Gasteiger charge is -2.27. The lowest BCUT2D eigenvalue weighted by molar-refractivity contribution is 0.253. The van der Waals surface area contributed by atoms with E-state index in [1.807, 2.05) is 11.3 Å². The summed E-state index contributed by atoms with van der Waals surface area (Å²) in [7, 11) is 2.19. The molecule has 0 aromatic carbocycles. The normalized spacial score (nSPS) is 14.4. The summed E-state index contributed by atoms with van der Waals surface area (Å²) in [6.45, 7) is 11.0. The van der Waals surface area contributed by atoms with Gasteiger partial charge in [-0.2, -0.15) is 0 Å². The second kappa shape index (κ2) is 5.80. The van der Waals surface area contributed by atoms with Crippen LogP contribution in [0.15, 0.2) is 17.5 Å². The minimum atomic E-state index is 0.215. The number of hydrogen-bond donors (Lipinski definition) is 1. The average Bonchev–Trinajstić information content (AvgIpc) is 2.67. The summed E-state index contributed by atoms with van der Waals surface area (Å²) in [6.07, 6.45) is 0. The second-order valence-corrected chi connectivity index (χ2v) is 6.33. The topological polar surface area (TPSA) is 15.3 Å². The molecule has 0 spiro atoms. The van der Waals surface area contributed by atoms with E-state index in [-0.39, 0.29) is 5.54 Å². The Morgan fingerprint density at radius 1 is 1.44 bits per heavy atom. The fourth-order valence-corrected chi connectivity index (χ4v) is 2.40. The molecule has 1 aromatic heterocycles. The molecule has 0 saturated carbocycles. The molecule has 0 saturated heterocycles. The Labute approximate surface area is 104 Å². The molecule has 0 fully saturated rings. The first-order chi connectivity index (χ1) is 7.40. The van der Waals surface area contributed by atoms with Crippen molar-refractivity contribution in [2.75, 3.05) is 20.1 Å². The van der Waals surface area contributed by atoms with Gasteiger partial charge in [0.15, 0.2) is 0 Å². The molecule has 1 rings (SSSR count). The van der Waals surface area contributed by atoms with E-state index in [4.69, 9.17) is 0 Å². The zero-order chi connectivity index (χ0) is 12.2. The van der Waals surface area contributed by atoms with Gasteiger partial charge in [0.05, 0.1) is 0 Å². The molecule has 1 atom stereocenters. The van der Waals surface area contributed by atoms with Crippen molar-refractivity contribution in [1.82, 2.24) is 10.2 Å². The molecule has 0 aliphatic carbocycles. The predicted octanol–water partition coefficient (Wildman–Crippen LogP) is 3.13. The van der Waals surface area contributed by atoms with Gasteiger partial charge in [0, 0.05) is 29.5 Å². The fraction of sp³-hybridized carbons (Fsp3) is 0.692. The van der Waals surface area contributed by atoms with Crippen LogP contribution in [0, 0.1) is 0 Å². The molecule has 0 amide bonds. The van der Waals surface area contributed by atoms with Gasteiger partial charge in [-0.25, -0.2) is 0 Å². The molecule has 1 heterocycles. The highest BCUT2D eigenvalue weighted by Crippen LogP contribution is 2.22. The maximum atomic E-state index is 3.51. The van der Waals surface area contributed by atoms with Crippen molar-refractivity contribution < 1.29 is 0 Å². The smallest absolute Gasteiger partial charge is 0.0410 e. The van der Waals surface area contributed by atoms with Gasteiger partial charge in [0.1, 0.15) is 0 Å². The Kier molecular flexibility index (Phi) is 4.96. The van der Waals surface area contributed by atoms with E-state index < -0.39 is 0 Å². The molecule has 0 aliphatic rings. The largest absolute Gasteiger partial charge is 0.311 e. The average molecular weight is 240 g/mol. The number of nitrogens with zero attached hydrogens (tertiary/aromatic N) is 1. The highest BCUT2D eigenvalue weighted by atomic mass is 32.1. The number of hydrogen-bond acceptors (Lipinski definition) is 3. The van der Waals surface area contributed by atoms with Crippen molar-refractivity contribution in [3.63, 3.8) is 0 Å². The molecular weight excluding hydrogens is 216 g/mol. The highest BCUT2D eigenvalue weighted by Gasteiger charge is 2.13. The molecule has 3 heteroatoms. The molecular formula is C13H24N2S.